The number of halogens is 1. The van der Waals surface area contributed by atoms with Crippen LogP contribution in [0.2, 0.25) is 5.02 Å². The van der Waals surface area contributed by atoms with Gasteiger partial charge in [-0.05, 0) is 66.9 Å². The van der Waals surface area contributed by atoms with Gasteiger partial charge in [0.2, 0.25) is 15.9 Å². The molecule has 7 nitrogen and oxygen atoms in total. The highest BCUT2D eigenvalue weighted by molar-refractivity contribution is 7.89. The van der Waals surface area contributed by atoms with Crippen molar-refractivity contribution in [1.82, 2.24) is 4.31 Å². The van der Waals surface area contributed by atoms with Gasteiger partial charge in [-0.3, -0.25) is 9.59 Å². The lowest BCUT2D eigenvalue weighted by molar-refractivity contribution is -0.122. The number of ether oxygens (including phenoxy) is 1. The molecule has 2 aromatic carbocycles. The minimum absolute atomic E-state index is 0.00298. The van der Waals surface area contributed by atoms with E-state index in [4.69, 9.17) is 16.3 Å². The fourth-order valence-electron chi connectivity index (χ4n) is 3.63. The largest absolute Gasteiger partial charge is 0.494 e. The lowest BCUT2D eigenvalue weighted by Gasteiger charge is -2.26. The van der Waals surface area contributed by atoms with E-state index in [1.807, 2.05) is 12.3 Å². The Hall–Kier alpha value is -2.72. The minimum atomic E-state index is -4.09. The van der Waals surface area contributed by atoms with Crippen LogP contribution in [-0.4, -0.2) is 37.2 Å². The number of thiophene rings is 1. The van der Waals surface area contributed by atoms with Gasteiger partial charge in [0.05, 0.1) is 23.6 Å². The lowest BCUT2D eigenvalue weighted by atomic mass is 10.2. The third kappa shape index (κ3) is 4.81. The first-order valence-corrected chi connectivity index (χ1v) is 12.9. The molecule has 0 bridgehead atoms. The number of sulfonamides is 1. The van der Waals surface area contributed by atoms with Crippen molar-refractivity contribution >= 4 is 50.5 Å². The molecule has 0 N–H and O–H groups in total. The van der Waals surface area contributed by atoms with E-state index in [-0.39, 0.29) is 17.9 Å². The summed E-state index contributed by atoms with van der Waals surface area (Å²) in [4.78, 5) is 28.0. The molecule has 4 rings (SSSR count). The van der Waals surface area contributed by atoms with Crippen LogP contribution in [0.3, 0.4) is 0 Å². The molecule has 2 amide bonds. The molecule has 1 aromatic heterocycles. The summed E-state index contributed by atoms with van der Waals surface area (Å²) < 4.78 is 33.6. The Kier molecular flexibility index (Phi) is 6.85. The Morgan fingerprint density at radius 2 is 1.79 bits per heavy atom. The SMILES string of the molecule is CCOc1ccc(N2C(=O)CC(N(Cc3cccs3)S(=O)(=O)c3ccc(Cl)cc3)C2=O)cc1. The van der Waals surface area contributed by atoms with E-state index in [0.29, 0.717) is 23.1 Å². The van der Waals surface area contributed by atoms with Crippen molar-refractivity contribution in [3.05, 3.63) is 75.9 Å². The van der Waals surface area contributed by atoms with Crippen LogP contribution in [0.1, 0.15) is 18.2 Å². The molecule has 1 saturated heterocycles. The van der Waals surface area contributed by atoms with Crippen LogP contribution in [0.4, 0.5) is 5.69 Å². The maximum absolute atomic E-state index is 13.6. The van der Waals surface area contributed by atoms with Gasteiger partial charge in [0.25, 0.3) is 5.91 Å². The topological polar surface area (TPSA) is 84.0 Å². The molecular weight excluding hydrogens is 484 g/mol. The van der Waals surface area contributed by atoms with E-state index in [2.05, 4.69) is 0 Å². The predicted molar refractivity (Wildman–Crippen MR) is 127 cm³/mol. The van der Waals surface area contributed by atoms with Crippen LogP contribution in [0.15, 0.2) is 70.9 Å². The van der Waals surface area contributed by atoms with Gasteiger partial charge in [-0.1, -0.05) is 17.7 Å². The van der Waals surface area contributed by atoms with E-state index in [1.165, 1.54) is 35.6 Å². The van der Waals surface area contributed by atoms with Crippen LogP contribution in [0.5, 0.6) is 5.75 Å². The summed E-state index contributed by atoms with van der Waals surface area (Å²) in [6.45, 7) is 2.32. The Bertz CT molecular complexity index is 1240. The number of carbonyl (C=O) groups is 2. The molecule has 172 valence electrons. The van der Waals surface area contributed by atoms with Crippen molar-refractivity contribution in [2.24, 2.45) is 0 Å². The second kappa shape index (κ2) is 9.64. The molecule has 1 atom stereocenters. The van der Waals surface area contributed by atoms with Crippen molar-refractivity contribution in [2.45, 2.75) is 30.8 Å². The highest BCUT2D eigenvalue weighted by Gasteiger charge is 2.47. The van der Waals surface area contributed by atoms with E-state index < -0.39 is 27.9 Å². The van der Waals surface area contributed by atoms with Crippen molar-refractivity contribution in [3.8, 4) is 5.75 Å². The van der Waals surface area contributed by atoms with Gasteiger partial charge in [-0.25, -0.2) is 13.3 Å². The zero-order valence-electron chi connectivity index (χ0n) is 17.7. The Labute approximate surface area is 201 Å². The summed E-state index contributed by atoms with van der Waals surface area (Å²) in [6, 6.07) is 14.7. The molecule has 2 heterocycles. The average Bonchev–Trinajstić information content (AvgIpc) is 3.41. The maximum Gasteiger partial charge on any atom is 0.252 e. The minimum Gasteiger partial charge on any atom is -0.494 e. The molecule has 1 aliphatic rings. The number of anilines is 1. The first-order valence-electron chi connectivity index (χ1n) is 10.2. The fourth-order valence-corrected chi connectivity index (χ4v) is 6.10. The standard InChI is InChI=1S/C23H21ClN2O5S2/c1-2-31-18-9-7-17(8-10-18)26-22(27)14-21(23(26)28)25(15-19-4-3-13-32-19)33(29,30)20-11-5-16(24)6-12-20/h3-13,21H,2,14-15H2,1H3. The number of carbonyl (C=O) groups excluding carboxylic acids is 2. The average molecular weight is 505 g/mol. The highest BCUT2D eigenvalue weighted by atomic mass is 35.5. The van der Waals surface area contributed by atoms with E-state index in [1.54, 1.807) is 36.4 Å². The normalized spacial score (nSPS) is 16.6. The Morgan fingerprint density at radius 1 is 1.09 bits per heavy atom. The molecule has 1 fully saturated rings. The van der Waals surface area contributed by atoms with Gasteiger partial charge in [0.1, 0.15) is 11.8 Å². The molecule has 33 heavy (non-hydrogen) atoms. The molecule has 0 saturated carbocycles. The summed E-state index contributed by atoms with van der Waals surface area (Å²) in [5.74, 6) is -0.434. The van der Waals surface area contributed by atoms with Gasteiger partial charge < -0.3 is 4.74 Å². The van der Waals surface area contributed by atoms with Crippen molar-refractivity contribution in [3.63, 3.8) is 0 Å². The first-order chi connectivity index (χ1) is 15.8. The first kappa shape index (κ1) is 23.4. The van der Waals surface area contributed by atoms with Crippen molar-refractivity contribution in [2.75, 3.05) is 11.5 Å². The smallest absolute Gasteiger partial charge is 0.252 e. The van der Waals surface area contributed by atoms with Crippen LogP contribution >= 0.6 is 22.9 Å². The summed E-state index contributed by atoms with van der Waals surface area (Å²) in [6.07, 6.45) is -0.246. The number of amides is 2. The molecule has 3 aromatic rings. The zero-order valence-corrected chi connectivity index (χ0v) is 20.1. The quantitative estimate of drug-likeness (QED) is 0.426. The summed E-state index contributed by atoms with van der Waals surface area (Å²) in [5, 5.41) is 2.23. The van der Waals surface area contributed by atoms with Gasteiger partial charge in [0.15, 0.2) is 0 Å². The Morgan fingerprint density at radius 3 is 2.39 bits per heavy atom. The van der Waals surface area contributed by atoms with Crippen molar-refractivity contribution < 1.29 is 22.7 Å². The number of hydrogen-bond donors (Lipinski definition) is 0. The van der Waals surface area contributed by atoms with E-state index >= 15 is 0 Å². The predicted octanol–water partition coefficient (Wildman–Crippen LogP) is 4.32. The molecule has 0 aliphatic carbocycles. The molecule has 0 spiro atoms. The van der Waals surface area contributed by atoms with Gasteiger partial charge >= 0.3 is 0 Å². The summed E-state index contributed by atoms with van der Waals surface area (Å²) >= 11 is 7.30. The number of rotatable bonds is 8. The van der Waals surface area contributed by atoms with Gasteiger partial charge in [-0.15, -0.1) is 11.3 Å². The number of hydrogen-bond acceptors (Lipinski definition) is 6. The molecule has 1 aliphatic heterocycles. The summed E-state index contributed by atoms with van der Waals surface area (Å²) in [7, 11) is -4.09. The summed E-state index contributed by atoms with van der Waals surface area (Å²) in [5.41, 5.74) is 0.371. The molecular formula is C23H21ClN2O5S2. The second-order valence-corrected chi connectivity index (χ2v) is 10.7. The fraction of sp³-hybridized carbons (Fsp3) is 0.217. The van der Waals surface area contributed by atoms with Gasteiger partial charge in [-0.2, -0.15) is 4.31 Å². The third-order valence-corrected chi connectivity index (χ3v) is 8.17. The second-order valence-electron chi connectivity index (χ2n) is 7.30. The van der Waals surface area contributed by atoms with Crippen LogP contribution in [0, 0.1) is 0 Å². The number of imide groups is 1. The van der Waals surface area contributed by atoms with E-state index in [0.717, 1.165) is 14.1 Å². The monoisotopic (exact) mass is 504 g/mol. The molecule has 0 radical (unpaired) electrons. The maximum atomic E-state index is 13.6. The number of benzene rings is 2. The van der Waals surface area contributed by atoms with Crippen LogP contribution in [0.25, 0.3) is 0 Å². The Balaban J connectivity index is 1.69. The molecule has 1 unspecified atom stereocenters. The highest BCUT2D eigenvalue weighted by Crippen LogP contribution is 2.32. The lowest BCUT2D eigenvalue weighted by Crippen LogP contribution is -2.44. The van der Waals surface area contributed by atoms with Crippen LogP contribution in [-0.2, 0) is 26.2 Å². The van der Waals surface area contributed by atoms with Crippen molar-refractivity contribution in [1.29, 1.82) is 0 Å². The zero-order chi connectivity index (χ0) is 23.6. The van der Waals surface area contributed by atoms with E-state index in [9.17, 15) is 18.0 Å². The third-order valence-electron chi connectivity index (χ3n) is 5.19. The molecule has 10 heteroatoms. The van der Waals surface area contributed by atoms with Crippen LogP contribution < -0.4 is 9.64 Å². The van der Waals surface area contributed by atoms with Gasteiger partial charge in [0, 0.05) is 16.4 Å². The number of nitrogens with zero attached hydrogens (tertiary/aromatic N) is 2.